The van der Waals surface area contributed by atoms with Gasteiger partial charge in [-0.25, -0.2) is 0 Å². The predicted octanol–water partition coefficient (Wildman–Crippen LogP) is 1.30. The maximum absolute atomic E-state index is 8.38. The molecule has 4 nitrogen and oxygen atoms in total. The van der Waals surface area contributed by atoms with Gasteiger partial charge in [-0.05, 0) is 6.92 Å². The second-order valence-electron chi connectivity index (χ2n) is 2.20. The van der Waals surface area contributed by atoms with E-state index in [1.54, 1.807) is 0 Å². The highest BCUT2D eigenvalue weighted by Crippen LogP contribution is 1.90. The molecule has 0 saturated carbocycles. The van der Waals surface area contributed by atoms with Gasteiger partial charge in [0.2, 0.25) is 0 Å². The van der Waals surface area contributed by atoms with Gasteiger partial charge in [-0.15, -0.1) is 0 Å². The van der Waals surface area contributed by atoms with Gasteiger partial charge in [0.15, 0.2) is 0 Å². The molecule has 4 heteroatoms. The Morgan fingerprint density at radius 3 is 1.93 bits per heavy atom. The molecule has 14 heavy (non-hydrogen) atoms. The molecule has 0 spiro atoms. The van der Waals surface area contributed by atoms with Crippen molar-refractivity contribution in [3.63, 3.8) is 0 Å². The molecule has 0 aromatic heterocycles. The molecule has 0 radical (unpaired) electrons. The van der Waals surface area contributed by atoms with Crippen LogP contribution >= 0.6 is 0 Å². The third kappa shape index (κ3) is 17.8. The Hall–Kier alpha value is -0.160. The summed E-state index contributed by atoms with van der Waals surface area (Å²) in [7, 11) is 0. The zero-order valence-corrected chi connectivity index (χ0v) is 6.82. The molecule has 92 valence electrons. The van der Waals surface area contributed by atoms with Gasteiger partial charge in [0.05, 0.1) is 39.1 Å². The first kappa shape index (κ1) is 23.6. The van der Waals surface area contributed by atoms with E-state index in [0.29, 0.717) is 19.8 Å². The molecule has 0 rings (SSSR count). The fraction of sp³-hybridized carbons (Fsp3) is 1.00. The average Bonchev–Trinajstić information content (AvgIpc) is 2.01. The number of hydrogen-bond acceptors (Lipinski definition) is 4. The summed E-state index contributed by atoms with van der Waals surface area (Å²) < 4.78 is 10.1. The minimum atomic E-state index is -0.0197. The van der Waals surface area contributed by atoms with E-state index in [1.807, 2.05) is 6.92 Å². The molecule has 0 aliphatic carbocycles. The van der Waals surface area contributed by atoms with Crippen molar-refractivity contribution in [2.24, 2.45) is 0 Å². The first-order chi connectivity index (χ1) is 5.31. The summed E-state index contributed by atoms with van der Waals surface area (Å²) in [5.41, 5.74) is 0. The van der Waals surface area contributed by atoms with Crippen molar-refractivity contribution < 1.29 is 19.7 Å². The van der Waals surface area contributed by atoms with Crippen LogP contribution in [0.5, 0.6) is 0 Å². The van der Waals surface area contributed by atoms with Crippen molar-refractivity contribution in [2.45, 2.75) is 35.3 Å². The lowest BCUT2D eigenvalue weighted by Crippen LogP contribution is -2.18. The Bertz CT molecular complexity index is 78.5. The number of hydrogen-bond donors (Lipinski definition) is 2. The molecular formula is C10H28O4. The van der Waals surface area contributed by atoms with E-state index in [2.05, 4.69) is 0 Å². The Balaban J connectivity index is -0.000000167. The van der Waals surface area contributed by atoms with Gasteiger partial charge in [-0.1, -0.05) is 22.3 Å². The summed E-state index contributed by atoms with van der Waals surface area (Å²) in [5, 5.41) is 16.7. The van der Waals surface area contributed by atoms with Crippen LogP contribution in [0, 0.1) is 0 Å². The fourth-order valence-corrected chi connectivity index (χ4v) is 0.616. The van der Waals surface area contributed by atoms with Gasteiger partial charge >= 0.3 is 0 Å². The van der Waals surface area contributed by atoms with Crippen molar-refractivity contribution >= 4 is 0 Å². The van der Waals surface area contributed by atoms with E-state index >= 15 is 0 Å². The first-order valence-electron chi connectivity index (χ1n) is 3.72. The lowest BCUT2D eigenvalue weighted by molar-refractivity contribution is -0.0246. The lowest BCUT2D eigenvalue weighted by Gasteiger charge is -2.11. The molecule has 0 aliphatic rings. The maximum atomic E-state index is 8.38. The monoisotopic (exact) mass is 212 g/mol. The van der Waals surface area contributed by atoms with Crippen molar-refractivity contribution in [1.82, 2.24) is 0 Å². The largest absolute Gasteiger partial charge is 0.394 e. The fourth-order valence-electron chi connectivity index (χ4n) is 0.616. The highest BCUT2D eigenvalue weighted by molar-refractivity contribution is 4.46. The van der Waals surface area contributed by atoms with Crippen LogP contribution in [0.3, 0.4) is 0 Å². The van der Waals surface area contributed by atoms with Crippen molar-refractivity contribution in [2.75, 3.05) is 33.0 Å². The van der Waals surface area contributed by atoms with Crippen molar-refractivity contribution in [1.29, 1.82) is 0 Å². The molecule has 1 unspecified atom stereocenters. The molecule has 0 fully saturated rings. The van der Waals surface area contributed by atoms with E-state index < -0.39 is 0 Å². The van der Waals surface area contributed by atoms with Gasteiger partial charge < -0.3 is 19.7 Å². The summed E-state index contributed by atoms with van der Waals surface area (Å²) in [6.45, 7) is 3.06. The smallest absolute Gasteiger partial charge is 0.0781 e. The quantitative estimate of drug-likeness (QED) is 0.625. The molecule has 0 bridgehead atoms. The summed E-state index contributed by atoms with van der Waals surface area (Å²) >= 11 is 0. The summed E-state index contributed by atoms with van der Waals surface area (Å²) in [6, 6.07) is 0. The van der Waals surface area contributed by atoms with Crippen LogP contribution in [0.25, 0.3) is 0 Å². The predicted molar refractivity (Wildman–Crippen MR) is 60.6 cm³/mol. The minimum absolute atomic E-state index is 0. The highest BCUT2D eigenvalue weighted by atomic mass is 16.5. The molecule has 0 heterocycles. The molecule has 0 aromatic carbocycles. The van der Waals surface area contributed by atoms with Gasteiger partial charge in [-0.2, -0.15) is 0 Å². The van der Waals surface area contributed by atoms with Gasteiger partial charge in [0.25, 0.3) is 0 Å². The number of ether oxygens (including phenoxy) is 2. The van der Waals surface area contributed by atoms with Crippen molar-refractivity contribution in [3.8, 4) is 0 Å². The maximum Gasteiger partial charge on any atom is 0.0781 e. The molecule has 0 saturated heterocycles. The third-order valence-corrected chi connectivity index (χ3v) is 1.08. The van der Waals surface area contributed by atoms with E-state index in [4.69, 9.17) is 19.7 Å². The standard InChI is InChI=1S/C7H16O4.3CH4/c1-7(11-5-3-9)6-10-4-2-8;;;/h7-9H,2-6H2,1H3;3*1H4. The molecular weight excluding hydrogens is 184 g/mol. The van der Waals surface area contributed by atoms with Crippen LogP contribution in [0.1, 0.15) is 29.2 Å². The van der Waals surface area contributed by atoms with Gasteiger partial charge in [0.1, 0.15) is 0 Å². The van der Waals surface area contributed by atoms with E-state index in [1.165, 1.54) is 0 Å². The Kier molecular flexibility index (Phi) is 31.3. The molecule has 1 atom stereocenters. The number of aliphatic hydroxyl groups excluding tert-OH is 2. The molecule has 0 amide bonds. The zero-order chi connectivity index (χ0) is 8.53. The summed E-state index contributed by atoms with van der Waals surface area (Å²) in [4.78, 5) is 0. The van der Waals surface area contributed by atoms with Crippen LogP contribution in [-0.4, -0.2) is 49.4 Å². The van der Waals surface area contributed by atoms with Crippen LogP contribution < -0.4 is 0 Å². The highest BCUT2D eigenvalue weighted by Gasteiger charge is 2.00. The minimum Gasteiger partial charge on any atom is -0.394 e. The molecule has 0 aromatic rings. The Morgan fingerprint density at radius 2 is 1.50 bits per heavy atom. The topological polar surface area (TPSA) is 58.9 Å². The number of aliphatic hydroxyl groups is 2. The Morgan fingerprint density at radius 1 is 1.00 bits per heavy atom. The summed E-state index contributed by atoms with van der Waals surface area (Å²) in [6.07, 6.45) is -0.0197. The van der Waals surface area contributed by atoms with E-state index in [0.717, 1.165) is 0 Å². The third-order valence-electron chi connectivity index (χ3n) is 1.08. The first-order valence-corrected chi connectivity index (χ1v) is 3.72. The average molecular weight is 212 g/mol. The van der Waals surface area contributed by atoms with Crippen molar-refractivity contribution in [3.05, 3.63) is 0 Å². The number of rotatable bonds is 7. The second kappa shape index (κ2) is 18.6. The van der Waals surface area contributed by atoms with Crippen LogP contribution in [-0.2, 0) is 9.47 Å². The normalized spacial score (nSPS) is 10.5. The van der Waals surface area contributed by atoms with Crippen LogP contribution in [0.15, 0.2) is 0 Å². The van der Waals surface area contributed by atoms with Crippen LogP contribution in [0.4, 0.5) is 0 Å². The lowest BCUT2D eigenvalue weighted by atomic mass is 10.4. The molecule has 0 aliphatic heterocycles. The SMILES string of the molecule is C.C.C.CC(COCCO)OCCO. The van der Waals surface area contributed by atoms with E-state index in [-0.39, 0.29) is 41.6 Å². The van der Waals surface area contributed by atoms with Gasteiger partial charge in [0, 0.05) is 0 Å². The molecule has 2 N–H and O–H groups in total. The van der Waals surface area contributed by atoms with Crippen LogP contribution in [0.2, 0.25) is 0 Å². The van der Waals surface area contributed by atoms with E-state index in [9.17, 15) is 0 Å². The van der Waals surface area contributed by atoms with Gasteiger partial charge in [-0.3, -0.25) is 0 Å². The Labute approximate surface area is 88.9 Å². The zero-order valence-electron chi connectivity index (χ0n) is 6.82. The second-order valence-corrected chi connectivity index (χ2v) is 2.20. The summed E-state index contributed by atoms with van der Waals surface area (Å²) in [5.74, 6) is 0.